The monoisotopic (exact) mass is 244 g/mol. The summed E-state index contributed by atoms with van der Waals surface area (Å²) in [5.74, 6) is 0. The molecule has 16 heavy (non-hydrogen) atoms. The van der Waals surface area contributed by atoms with Crippen LogP contribution in [0.2, 0.25) is 0 Å². The third-order valence-electron chi connectivity index (χ3n) is 3.67. The van der Waals surface area contributed by atoms with Crippen molar-refractivity contribution >= 4 is 17.2 Å². The Hall–Kier alpha value is -0.150. The molecule has 0 saturated heterocycles. The maximum atomic E-state index is 5.73. The van der Waals surface area contributed by atoms with Gasteiger partial charge in [-0.15, -0.1) is 0 Å². The van der Waals surface area contributed by atoms with Crippen LogP contribution in [0, 0.1) is 10.8 Å². The van der Waals surface area contributed by atoms with Crippen molar-refractivity contribution in [1.29, 1.82) is 0 Å². The van der Waals surface area contributed by atoms with Gasteiger partial charge in [-0.1, -0.05) is 46.8 Å². The second-order valence-electron chi connectivity index (χ2n) is 6.52. The van der Waals surface area contributed by atoms with Crippen LogP contribution in [-0.4, -0.2) is 29.5 Å². The number of rotatable bonds is 5. The third-order valence-corrected chi connectivity index (χ3v) is 4.22. The van der Waals surface area contributed by atoms with Gasteiger partial charge in [0.2, 0.25) is 0 Å². The molecule has 0 aromatic rings. The van der Waals surface area contributed by atoms with Gasteiger partial charge in [-0.2, -0.15) is 0 Å². The Morgan fingerprint density at radius 1 is 1.25 bits per heavy atom. The lowest BCUT2D eigenvalue weighted by Gasteiger charge is -2.37. The van der Waals surface area contributed by atoms with Gasteiger partial charge in [-0.25, -0.2) is 0 Å². The van der Waals surface area contributed by atoms with E-state index in [0.717, 1.165) is 13.0 Å². The molecule has 0 heterocycles. The van der Waals surface area contributed by atoms with Gasteiger partial charge in [0.15, 0.2) is 0 Å². The molecule has 0 aliphatic carbocycles. The van der Waals surface area contributed by atoms with Crippen LogP contribution in [0.25, 0.3) is 0 Å². The first-order chi connectivity index (χ1) is 6.98. The zero-order chi connectivity index (χ0) is 13.1. The topological polar surface area (TPSA) is 29.3 Å². The van der Waals surface area contributed by atoms with E-state index in [-0.39, 0.29) is 5.41 Å². The molecule has 2 N–H and O–H groups in total. The smallest absolute Gasteiger partial charge is 0.0784 e. The first kappa shape index (κ1) is 15.9. The Kier molecular flexibility index (Phi) is 5.40. The van der Waals surface area contributed by atoms with Gasteiger partial charge < -0.3 is 10.6 Å². The van der Waals surface area contributed by atoms with Crippen LogP contribution in [-0.2, 0) is 0 Å². The van der Waals surface area contributed by atoms with Crippen LogP contribution in [0.4, 0.5) is 0 Å². The summed E-state index contributed by atoms with van der Waals surface area (Å²) in [6.07, 6.45) is 1.01. The molecular weight excluding hydrogens is 216 g/mol. The summed E-state index contributed by atoms with van der Waals surface area (Å²) in [5, 5.41) is 0. The minimum Gasteiger partial charge on any atom is -0.393 e. The zero-order valence-electron chi connectivity index (χ0n) is 11.9. The number of hydrogen-bond acceptors (Lipinski definition) is 2. The van der Waals surface area contributed by atoms with Gasteiger partial charge in [0.05, 0.1) is 4.99 Å². The van der Waals surface area contributed by atoms with Crippen LogP contribution in [0.5, 0.6) is 0 Å². The van der Waals surface area contributed by atoms with Gasteiger partial charge in [-0.05, 0) is 32.4 Å². The average molecular weight is 244 g/mol. The summed E-state index contributed by atoms with van der Waals surface area (Å²) < 4.78 is 0. The van der Waals surface area contributed by atoms with E-state index in [4.69, 9.17) is 18.0 Å². The molecule has 0 amide bonds. The summed E-state index contributed by atoms with van der Waals surface area (Å²) in [7, 11) is 2.17. The Morgan fingerprint density at radius 3 is 2.00 bits per heavy atom. The summed E-state index contributed by atoms with van der Waals surface area (Å²) in [5.41, 5.74) is 6.00. The molecule has 1 atom stereocenters. The van der Waals surface area contributed by atoms with E-state index in [1.807, 2.05) is 0 Å². The molecule has 0 saturated carbocycles. The SMILES string of the molecule is CC(N(C)CCC(C)(C)C(N)=S)C(C)(C)C. The maximum Gasteiger partial charge on any atom is 0.0784 e. The highest BCUT2D eigenvalue weighted by atomic mass is 32.1. The van der Waals surface area contributed by atoms with Crippen molar-refractivity contribution < 1.29 is 0 Å². The first-order valence-corrected chi connectivity index (χ1v) is 6.39. The van der Waals surface area contributed by atoms with Crippen molar-refractivity contribution in [1.82, 2.24) is 4.90 Å². The van der Waals surface area contributed by atoms with Crippen LogP contribution in [0.3, 0.4) is 0 Å². The Bertz CT molecular complexity index is 241. The highest BCUT2D eigenvalue weighted by molar-refractivity contribution is 7.80. The third kappa shape index (κ3) is 4.79. The molecule has 0 aliphatic rings. The largest absolute Gasteiger partial charge is 0.393 e. The van der Waals surface area contributed by atoms with Gasteiger partial charge in [-0.3, -0.25) is 0 Å². The molecule has 0 aliphatic heterocycles. The molecular formula is C13H28N2S. The fourth-order valence-corrected chi connectivity index (χ4v) is 1.54. The van der Waals surface area contributed by atoms with Gasteiger partial charge in [0, 0.05) is 11.5 Å². The lowest BCUT2D eigenvalue weighted by Crippen LogP contribution is -2.42. The lowest BCUT2D eigenvalue weighted by molar-refractivity contribution is 0.132. The lowest BCUT2D eigenvalue weighted by atomic mass is 9.85. The Balaban J connectivity index is 4.28. The second kappa shape index (κ2) is 5.46. The molecule has 0 spiro atoms. The maximum absolute atomic E-state index is 5.73. The number of hydrogen-bond donors (Lipinski definition) is 1. The predicted molar refractivity (Wildman–Crippen MR) is 76.7 cm³/mol. The molecule has 0 fully saturated rings. The highest BCUT2D eigenvalue weighted by Gasteiger charge is 2.26. The van der Waals surface area contributed by atoms with E-state index in [1.54, 1.807) is 0 Å². The fraction of sp³-hybridized carbons (Fsp3) is 0.923. The Morgan fingerprint density at radius 2 is 1.69 bits per heavy atom. The first-order valence-electron chi connectivity index (χ1n) is 5.98. The number of nitrogens with zero attached hydrogens (tertiary/aromatic N) is 1. The van der Waals surface area contributed by atoms with E-state index < -0.39 is 0 Å². The molecule has 0 aromatic heterocycles. The van der Waals surface area contributed by atoms with Crippen LogP contribution < -0.4 is 5.73 Å². The molecule has 96 valence electrons. The van der Waals surface area contributed by atoms with Gasteiger partial charge in [0.25, 0.3) is 0 Å². The van der Waals surface area contributed by atoms with Gasteiger partial charge in [0.1, 0.15) is 0 Å². The summed E-state index contributed by atoms with van der Waals surface area (Å²) in [6.45, 7) is 14.3. The minimum atomic E-state index is -0.0405. The van der Waals surface area contributed by atoms with Crippen molar-refractivity contribution in [2.45, 2.75) is 54.0 Å². The van der Waals surface area contributed by atoms with Crippen molar-refractivity contribution in [3.8, 4) is 0 Å². The van der Waals surface area contributed by atoms with Crippen molar-refractivity contribution in [2.24, 2.45) is 16.6 Å². The molecule has 2 nitrogen and oxygen atoms in total. The molecule has 0 radical (unpaired) electrons. The predicted octanol–water partition coefficient (Wildman–Crippen LogP) is 3.06. The molecule has 1 unspecified atom stereocenters. The van der Waals surface area contributed by atoms with Gasteiger partial charge >= 0.3 is 0 Å². The van der Waals surface area contributed by atoms with E-state index >= 15 is 0 Å². The van der Waals surface area contributed by atoms with Crippen LogP contribution >= 0.6 is 12.2 Å². The van der Waals surface area contributed by atoms with Crippen LogP contribution in [0.15, 0.2) is 0 Å². The summed E-state index contributed by atoms with van der Waals surface area (Å²) >= 11 is 5.08. The van der Waals surface area contributed by atoms with E-state index in [9.17, 15) is 0 Å². The highest BCUT2D eigenvalue weighted by Crippen LogP contribution is 2.26. The van der Waals surface area contributed by atoms with Crippen molar-refractivity contribution in [2.75, 3.05) is 13.6 Å². The van der Waals surface area contributed by atoms with Crippen LogP contribution in [0.1, 0.15) is 48.0 Å². The second-order valence-corrected chi connectivity index (χ2v) is 6.96. The normalized spacial score (nSPS) is 15.2. The Labute approximate surface area is 107 Å². The van der Waals surface area contributed by atoms with E-state index in [2.05, 4.69) is 53.5 Å². The number of thiocarbonyl (C=S) groups is 1. The van der Waals surface area contributed by atoms with Crippen molar-refractivity contribution in [3.63, 3.8) is 0 Å². The molecule has 0 rings (SSSR count). The fourth-order valence-electron chi connectivity index (χ4n) is 1.43. The average Bonchev–Trinajstić information content (AvgIpc) is 2.11. The number of nitrogens with two attached hydrogens (primary N) is 1. The van der Waals surface area contributed by atoms with E-state index in [1.165, 1.54) is 0 Å². The summed E-state index contributed by atoms with van der Waals surface area (Å²) in [4.78, 5) is 3.00. The van der Waals surface area contributed by atoms with Crippen molar-refractivity contribution in [3.05, 3.63) is 0 Å². The summed E-state index contributed by atoms with van der Waals surface area (Å²) in [6, 6.07) is 0.551. The molecule has 0 aromatic carbocycles. The minimum absolute atomic E-state index is 0.0405. The quantitative estimate of drug-likeness (QED) is 0.754. The zero-order valence-corrected chi connectivity index (χ0v) is 12.7. The standard InChI is InChI=1S/C13H28N2S/c1-10(12(2,3)4)15(7)9-8-13(5,6)11(14)16/h10H,8-9H2,1-7H3,(H2,14,16). The molecule has 0 bridgehead atoms. The van der Waals surface area contributed by atoms with E-state index in [0.29, 0.717) is 16.4 Å². The molecule has 3 heteroatoms.